The van der Waals surface area contributed by atoms with Crippen LogP contribution >= 0.6 is 34.8 Å². The van der Waals surface area contributed by atoms with Gasteiger partial charge in [-0.2, -0.15) is 0 Å². The molecule has 0 atom stereocenters. The van der Waals surface area contributed by atoms with Gasteiger partial charge in [-0.3, -0.25) is 0 Å². The highest BCUT2D eigenvalue weighted by molar-refractivity contribution is 6.34. The van der Waals surface area contributed by atoms with Crippen molar-refractivity contribution in [3.63, 3.8) is 0 Å². The van der Waals surface area contributed by atoms with Crippen LogP contribution in [0.2, 0.25) is 15.3 Å². The highest BCUT2D eigenvalue weighted by atomic mass is 35.5. The number of nitrogens with zero attached hydrogens (tertiary/aromatic N) is 2. The Bertz CT molecular complexity index is 567. The van der Waals surface area contributed by atoms with Crippen LogP contribution in [0.4, 0.5) is 8.78 Å². The molecule has 0 unspecified atom stereocenters. The van der Waals surface area contributed by atoms with E-state index in [-0.39, 0.29) is 10.8 Å². The monoisotopic (exact) mass is 294 g/mol. The highest BCUT2D eigenvalue weighted by Crippen LogP contribution is 2.29. The summed E-state index contributed by atoms with van der Waals surface area (Å²) >= 11 is 16.9. The third kappa shape index (κ3) is 2.49. The second-order valence-electron chi connectivity index (χ2n) is 3.07. The van der Waals surface area contributed by atoms with Gasteiger partial charge >= 0.3 is 0 Å². The lowest BCUT2D eigenvalue weighted by molar-refractivity contribution is 0.615. The van der Waals surface area contributed by atoms with Crippen LogP contribution in [-0.4, -0.2) is 9.97 Å². The maximum Gasteiger partial charge on any atom is 0.197 e. The third-order valence-corrected chi connectivity index (χ3v) is 2.76. The molecule has 1 aromatic carbocycles. The van der Waals surface area contributed by atoms with Gasteiger partial charge in [0.1, 0.15) is 5.82 Å². The van der Waals surface area contributed by atoms with E-state index in [4.69, 9.17) is 34.8 Å². The van der Waals surface area contributed by atoms with Gasteiger partial charge in [0.2, 0.25) is 0 Å². The molecule has 88 valence electrons. The van der Waals surface area contributed by atoms with Crippen LogP contribution in [0.25, 0.3) is 11.4 Å². The van der Waals surface area contributed by atoms with Crippen molar-refractivity contribution in [2.24, 2.45) is 0 Å². The van der Waals surface area contributed by atoms with Crippen LogP contribution in [0.3, 0.4) is 0 Å². The lowest BCUT2D eigenvalue weighted by Gasteiger charge is -2.04. The van der Waals surface area contributed by atoms with Crippen molar-refractivity contribution < 1.29 is 8.78 Å². The zero-order valence-electron chi connectivity index (χ0n) is 8.02. The van der Waals surface area contributed by atoms with Gasteiger partial charge in [-0.15, -0.1) is 0 Å². The van der Waals surface area contributed by atoms with Crippen LogP contribution < -0.4 is 0 Å². The predicted octanol–water partition coefficient (Wildman–Crippen LogP) is 4.38. The lowest BCUT2D eigenvalue weighted by atomic mass is 10.2. The Morgan fingerprint density at radius 3 is 2.06 bits per heavy atom. The number of halogens is 5. The van der Waals surface area contributed by atoms with Gasteiger partial charge in [-0.1, -0.05) is 34.8 Å². The highest BCUT2D eigenvalue weighted by Gasteiger charge is 2.14. The fourth-order valence-electron chi connectivity index (χ4n) is 1.19. The van der Waals surface area contributed by atoms with Gasteiger partial charge in [0, 0.05) is 5.56 Å². The van der Waals surface area contributed by atoms with Crippen LogP contribution in [0.1, 0.15) is 0 Å². The summed E-state index contributed by atoms with van der Waals surface area (Å²) in [5.74, 6) is -1.38. The van der Waals surface area contributed by atoms with Crippen LogP contribution in [0.5, 0.6) is 0 Å². The molecular formula is C10H3Cl3F2N2. The van der Waals surface area contributed by atoms with Crippen molar-refractivity contribution in [1.29, 1.82) is 0 Å². The molecule has 1 heterocycles. The molecule has 0 saturated carbocycles. The first kappa shape index (κ1) is 12.5. The molecule has 0 radical (unpaired) electrons. The number of aromatic nitrogens is 2. The molecule has 0 amide bonds. The summed E-state index contributed by atoms with van der Waals surface area (Å²) in [6, 6.07) is 3.62. The SMILES string of the molecule is Fc1ccc(-c2nc(Cl)c(F)c(Cl)n2)c(Cl)c1. The molecule has 17 heavy (non-hydrogen) atoms. The molecule has 0 N–H and O–H groups in total. The summed E-state index contributed by atoms with van der Waals surface area (Å²) in [6.07, 6.45) is 0. The molecule has 7 heteroatoms. The van der Waals surface area contributed by atoms with Crippen molar-refractivity contribution >= 4 is 34.8 Å². The van der Waals surface area contributed by atoms with Crippen molar-refractivity contribution in [3.05, 3.63) is 45.2 Å². The summed E-state index contributed by atoms with van der Waals surface area (Å²) in [5.41, 5.74) is 0.317. The normalized spacial score (nSPS) is 10.6. The Hall–Kier alpha value is -0.970. The molecule has 0 bridgehead atoms. The first-order chi connectivity index (χ1) is 7.99. The summed E-state index contributed by atoms with van der Waals surface area (Å²) in [6.45, 7) is 0. The van der Waals surface area contributed by atoms with E-state index in [9.17, 15) is 8.78 Å². The van der Waals surface area contributed by atoms with Crippen LogP contribution in [0, 0.1) is 11.6 Å². The maximum absolute atomic E-state index is 13.1. The number of hydrogen-bond donors (Lipinski definition) is 0. The van der Waals surface area contributed by atoms with E-state index in [0.717, 1.165) is 6.07 Å². The minimum atomic E-state index is -0.907. The molecule has 2 aromatic rings. The number of rotatable bonds is 1. The lowest BCUT2D eigenvalue weighted by Crippen LogP contribution is -1.95. The standard InChI is InChI=1S/C10H3Cl3F2N2/c11-6-3-4(14)1-2-5(6)10-16-8(12)7(15)9(13)17-10/h1-3H. The van der Waals surface area contributed by atoms with Crippen molar-refractivity contribution in [1.82, 2.24) is 9.97 Å². The maximum atomic E-state index is 13.1. The van der Waals surface area contributed by atoms with Crippen molar-refractivity contribution in [2.75, 3.05) is 0 Å². The Kier molecular flexibility index (Phi) is 3.47. The van der Waals surface area contributed by atoms with Gasteiger partial charge in [-0.25, -0.2) is 18.7 Å². The van der Waals surface area contributed by atoms with Crippen molar-refractivity contribution in [2.45, 2.75) is 0 Å². The van der Waals surface area contributed by atoms with E-state index >= 15 is 0 Å². The molecule has 1 aromatic heterocycles. The third-order valence-electron chi connectivity index (χ3n) is 1.94. The average Bonchev–Trinajstić information content (AvgIpc) is 2.25. The Morgan fingerprint density at radius 1 is 0.941 bits per heavy atom. The second-order valence-corrected chi connectivity index (χ2v) is 4.19. The first-order valence-corrected chi connectivity index (χ1v) is 5.46. The van der Waals surface area contributed by atoms with Gasteiger partial charge < -0.3 is 0 Å². The molecule has 0 fully saturated rings. The minimum absolute atomic E-state index is 0.0337. The molecule has 0 spiro atoms. The molecule has 0 aliphatic rings. The van der Waals surface area contributed by atoms with E-state index in [1.807, 2.05) is 0 Å². The van der Waals surface area contributed by atoms with Gasteiger partial charge in [-0.05, 0) is 18.2 Å². The predicted molar refractivity (Wildman–Crippen MR) is 62.4 cm³/mol. The topological polar surface area (TPSA) is 25.8 Å². The van der Waals surface area contributed by atoms with Crippen LogP contribution in [0.15, 0.2) is 18.2 Å². The van der Waals surface area contributed by atoms with Gasteiger partial charge in [0.25, 0.3) is 0 Å². The Balaban J connectivity index is 2.61. The summed E-state index contributed by atoms with van der Waals surface area (Å²) in [5, 5.41) is -0.746. The summed E-state index contributed by atoms with van der Waals surface area (Å²) in [7, 11) is 0. The molecule has 2 rings (SSSR count). The average molecular weight is 296 g/mol. The first-order valence-electron chi connectivity index (χ1n) is 4.33. The van der Waals surface area contributed by atoms with E-state index in [1.54, 1.807) is 0 Å². The molecule has 2 nitrogen and oxygen atoms in total. The number of benzene rings is 1. The number of hydrogen-bond acceptors (Lipinski definition) is 2. The second kappa shape index (κ2) is 4.72. The minimum Gasteiger partial charge on any atom is -0.213 e. The molecule has 0 aliphatic carbocycles. The fraction of sp³-hybridized carbons (Fsp3) is 0. The summed E-state index contributed by atoms with van der Waals surface area (Å²) in [4.78, 5) is 7.36. The Labute approximate surface area is 110 Å². The largest absolute Gasteiger partial charge is 0.213 e. The van der Waals surface area contributed by atoms with Crippen LogP contribution in [-0.2, 0) is 0 Å². The summed E-state index contributed by atoms with van der Waals surface area (Å²) < 4.78 is 26.0. The zero-order chi connectivity index (χ0) is 12.6. The quantitative estimate of drug-likeness (QED) is 0.730. The van der Waals surface area contributed by atoms with E-state index in [0.29, 0.717) is 5.56 Å². The zero-order valence-corrected chi connectivity index (χ0v) is 10.3. The molecule has 0 saturated heterocycles. The van der Waals surface area contributed by atoms with E-state index in [1.165, 1.54) is 12.1 Å². The molecule has 0 aliphatic heterocycles. The van der Waals surface area contributed by atoms with E-state index < -0.39 is 21.9 Å². The van der Waals surface area contributed by atoms with Gasteiger partial charge in [0.05, 0.1) is 5.02 Å². The smallest absolute Gasteiger partial charge is 0.197 e. The van der Waals surface area contributed by atoms with Crippen molar-refractivity contribution in [3.8, 4) is 11.4 Å². The van der Waals surface area contributed by atoms with E-state index in [2.05, 4.69) is 9.97 Å². The van der Waals surface area contributed by atoms with Gasteiger partial charge in [0.15, 0.2) is 21.9 Å². The Morgan fingerprint density at radius 2 is 1.53 bits per heavy atom. The molecular weight excluding hydrogens is 292 g/mol. The fourth-order valence-corrected chi connectivity index (χ4v) is 1.82.